The monoisotopic (exact) mass is 231 g/mol. The van der Waals surface area contributed by atoms with Crippen molar-refractivity contribution >= 4 is 0 Å². The molecule has 0 unspecified atom stereocenters. The molecule has 1 aliphatic rings. The number of piperidine rings is 1. The molecule has 0 amide bonds. The number of aliphatic hydroxyl groups is 1. The molecule has 0 radical (unpaired) electrons. The third-order valence-electron chi connectivity index (χ3n) is 3.15. The van der Waals surface area contributed by atoms with Crippen molar-refractivity contribution in [2.75, 3.05) is 53.2 Å². The zero-order valence-corrected chi connectivity index (χ0v) is 10.4. The number of aliphatic hydroxyl groups excluding tert-OH is 1. The normalized spacial score (nSPS) is 19.1. The molecule has 4 nitrogen and oxygen atoms in total. The Bertz CT molecular complexity index is 158. The molecule has 0 saturated carbocycles. The zero-order chi connectivity index (χ0) is 11.6. The van der Waals surface area contributed by atoms with Gasteiger partial charge in [-0.25, -0.2) is 0 Å². The van der Waals surface area contributed by atoms with Crippen molar-refractivity contribution in [1.29, 1.82) is 0 Å². The summed E-state index contributed by atoms with van der Waals surface area (Å²) in [5.74, 6) is 0.527. The summed E-state index contributed by atoms with van der Waals surface area (Å²) in [6, 6.07) is 0. The van der Waals surface area contributed by atoms with Crippen molar-refractivity contribution in [1.82, 2.24) is 4.90 Å². The number of ether oxygens (including phenoxy) is 2. The van der Waals surface area contributed by atoms with Gasteiger partial charge >= 0.3 is 0 Å². The van der Waals surface area contributed by atoms with Gasteiger partial charge in [-0.05, 0) is 38.3 Å². The predicted molar refractivity (Wildman–Crippen MR) is 63.6 cm³/mol. The fourth-order valence-corrected chi connectivity index (χ4v) is 1.99. The van der Waals surface area contributed by atoms with Crippen LogP contribution in [0.2, 0.25) is 0 Å². The second-order valence-corrected chi connectivity index (χ2v) is 4.43. The van der Waals surface area contributed by atoms with Gasteiger partial charge in [0.05, 0.1) is 6.61 Å². The summed E-state index contributed by atoms with van der Waals surface area (Å²) in [5.41, 5.74) is 0. The van der Waals surface area contributed by atoms with E-state index < -0.39 is 0 Å². The molecule has 0 aliphatic carbocycles. The van der Waals surface area contributed by atoms with Crippen LogP contribution in [-0.2, 0) is 9.47 Å². The SMILES string of the molecule is COCCCOCCN1CCC(CO)CC1. The first-order chi connectivity index (χ1) is 7.86. The molecule has 4 heteroatoms. The molecule has 0 atom stereocenters. The molecular formula is C12H25NO3. The van der Waals surface area contributed by atoms with E-state index in [4.69, 9.17) is 14.6 Å². The fraction of sp³-hybridized carbons (Fsp3) is 1.00. The Labute approximate surface area is 98.5 Å². The molecule has 0 aromatic heterocycles. The van der Waals surface area contributed by atoms with E-state index in [0.29, 0.717) is 12.5 Å². The molecule has 1 saturated heterocycles. The lowest BCUT2D eigenvalue weighted by Crippen LogP contribution is -2.36. The summed E-state index contributed by atoms with van der Waals surface area (Å²) in [7, 11) is 1.71. The summed E-state index contributed by atoms with van der Waals surface area (Å²) >= 11 is 0. The first kappa shape index (κ1) is 13.9. The van der Waals surface area contributed by atoms with Crippen LogP contribution >= 0.6 is 0 Å². The molecule has 0 bridgehead atoms. The van der Waals surface area contributed by atoms with E-state index in [-0.39, 0.29) is 0 Å². The van der Waals surface area contributed by atoms with Crippen LogP contribution < -0.4 is 0 Å². The van der Waals surface area contributed by atoms with Gasteiger partial charge in [-0.3, -0.25) is 0 Å². The standard InChI is InChI=1S/C12H25NO3/c1-15-8-2-9-16-10-7-13-5-3-12(11-14)4-6-13/h12,14H,2-11H2,1H3. The quantitative estimate of drug-likeness (QED) is 0.626. The highest BCUT2D eigenvalue weighted by molar-refractivity contribution is 4.71. The lowest BCUT2D eigenvalue weighted by molar-refractivity contribution is 0.0675. The molecule has 0 aromatic carbocycles. The van der Waals surface area contributed by atoms with E-state index in [1.807, 2.05) is 0 Å². The zero-order valence-electron chi connectivity index (χ0n) is 10.4. The highest BCUT2D eigenvalue weighted by atomic mass is 16.5. The van der Waals surface area contributed by atoms with Crippen LogP contribution in [0.5, 0.6) is 0 Å². The summed E-state index contributed by atoms with van der Waals surface area (Å²) in [4.78, 5) is 2.42. The fourth-order valence-electron chi connectivity index (χ4n) is 1.99. The van der Waals surface area contributed by atoms with Crippen molar-refractivity contribution in [3.63, 3.8) is 0 Å². The molecule has 1 rings (SSSR count). The number of likely N-dealkylation sites (tertiary alicyclic amines) is 1. The summed E-state index contributed by atoms with van der Waals surface area (Å²) in [6.07, 6.45) is 3.23. The number of nitrogens with zero attached hydrogens (tertiary/aromatic N) is 1. The van der Waals surface area contributed by atoms with Crippen molar-refractivity contribution in [2.24, 2.45) is 5.92 Å². The second-order valence-electron chi connectivity index (χ2n) is 4.43. The molecule has 1 aliphatic heterocycles. The third-order valence-corrected chi connectivity index (χ3v) is 3.15. The van der Waals surface area contributed by atoms with Gasteiger partial charge in [-0.1, -0.05) is 0 Å². The molecule has 1 heterocycles. The summed E-state index contributed by atoms with van der Waals surface area (Å²) in [6.45, 7) is 5.96. The Morgan fingerprint density at radius 3 is 2.56 bits per heavy atom. The van der Waals surface area contributed by atoms with E-state index in [1.54, 1.807) is 7.11 Å². The van der Waals surface area contributed by atoms with Gasteiger partial charge in [-0.15, -0.1) is 0 Å². The highest BCUT2D eigenvalue weighted by Crippen LogP contribution is 2.15. The minimum atomic E-state index is 0.349. The minimum Gasteiger partial charge on any atom is -0.396 e. The topological polar surface area (TPSA) is 41.9 Å². The molecule has 0 aromatic rings. The smallest absolute Gasteiger partial charge is 0.0593 e. The number of hydrogen-bond acceptors (Lipinski definition) is 4. The third kappa shape index (κ3) is 5.80. The molecule has 96 valence electrons. The van der Waals surface area contributed by atoms with Gasteiger partial charge in [0.1, 0.15) is 0 Å². The second kappa shape index (κ2) is 8.93. The maximum Gasteiger partial charge on any atom is 0.0593 e. The van der Waals surface area contributed by atoms with Gasteiger partial charge in [0.25, 0.3) is 0 Å². The van der Waals surface area contributed by atoms with Crippen LogP contribution in [0.15, 0.2) is 0 Å². The predicted octanol–water partition coefficient (Wildman–Crippen LogP) is 0.744. The van der Waals surface area contributed by atoms with E-state index in [0.717, 1.165) is 58.7 Å². The van der Waals surface area contributed by atoms with E-state index in [1.165, 1.54) is 0 Å². The highest BCUT2D eigenvalue weighted by Gasteiger charge is 2.17. The van der Waals surface area contributed by atoms with Crippen molar-refractivity contribution < 1.29 is 14.6 Å². The molecule has 0 spiro atoms. The van der Waals surface area contributed by atoms with Crippen molar-refractivity contribution in [2.45, 2.75) is 19.3 Å². The van der Waals surface area contributed by atoms with Crippen LogP contribution in [0.4, 0.5) is 0 Å². The summed E-state index contributed by atoms with van der Waals surface area (Å²) in [5, 5.41) is 9.02. The van der Waals surface area contributed by atoms with Crippen molar-refractivity contribution in [3.8, 4) is 0 Å². The largest absolute Gasteiger partial charge is 0.396 e. The van der Waals surface area contributed by atoms with E-state index >= 15 is 0 Å². The molecule has 16 heavy (non-hydrogen) atoms. The van der Waals surface area contributed by atoms with Gasteiger partial charge < -0.3 is 19.5 Å². The Morgan fingerprint density at radius 1 is 1.19 bits per heavy atom. The lowest BCUT2D eigenvalue weighted by Gasteiger charge is -2.30. The van der Waals surface area contributed by atoms with Gasteiger partial charge in [0, 0.05) is 33.5 Å². The van der Waals surface area contributed by atoms with Crippen LogP contribution in [0.25, 0.3) is 0 Å². The maximum atomic E-state index is 9.02. The number of hydrogen-bond donors (Lipinski definition) is 1. The lowest BCUT2D eigenvalue weighted by atomic mass is 9.98. The Kier molecular flexibility index (Phi) is 7.76. The van der Waals surface area contributed by atoms with Crippen LogP contribution in [0.3, 0.4) is 0 Å². The van der Waals surface area contributed by atoms with E-state index in [9.17, 15) is 0 Å². The Hall–Kier alpha value is -0.160. The van der Waals surface area contributed by atoms with Crippen LogP contribution in [0.1, 0.15) is 19.3 Å². The molecule has 1 fully saturated rings. The van der Waals surface area contributed by atoms with E-state index in [2.05, 4.69) is 4.90 Å². The van der Waals surface area contributed by atoms with Crippen LogP contribution in [0, 0.1) is 5.92 Å². The van der Waals surface area contributed by atoms with Gasteiger partial charge in [0.15, 0.2) is 0 Å². The first-order valence-corrected chi connectivity index (χ1v) is 6.26. The average molecular weight is 231 g/mol. The average Bonchev–Trinajstić information content (AvgIpc) is 2.34. The van der Waals surface area contributed by atoms with Gasteiger partial charge in [0.2, 0.25) is 0 Å². The summed E-state index contributed by atoms with van der Waals surface area (Å²) < 4.78 is 10.5. The maximum absolute atomic E-state index is 9.02. The minimum absolute atomic E-state index is 0.349. The Balaban J connectivity index is 1.90. The Morgan fingerprint density at radius 2 is 1.94 bits per heavy atom. The first-order valence-electron chi connectivity index (χ1n) is 6.26. The molecule has 1 N–H and O–H groups in total. The number of methoxy groups -OCH3 is 1. The van der Waals surface area contributed by atoms with Gasteiger partial charge in [-0.2, -0.15) is 0 Å². The van der Waals surface area contributed by atoms with Crippen LogP contribution in [-0.4, -0.2) is 63.2 Å². The van der Waals surface area contributed by atoms with Crippen molar-refractivity contribution in [3.05, 3.63) is 0 Å². The number of rotatable bonds is 8. The molecular weight excluding hydrogens is 206 g/mol.